The normalized spacial score (nSPS) is 19.7. The van der Waals surface area contributed by atoms with Gasteiger partial charge < -0.3 is 14.8 Å². The SMILES string of the molecule is CCn1nc(C)c(Cl)c1CC(NC)C1(OC)CCOCC1. The van der Waals surface area contributed by atoms with Crippen molar-refractivity contribution >= 4 is 11.6 Å². The molecule has 1 saturated heterocycles. The maximum atomic E-state index is 6.44. The van der Waals surface area contributed by atoms with Gasteiger partial charge in [-0.3, -0.25) is 4.68 Å². The summed E-state index contributed by atoms with van der Waals surface area (Å²) in [5.74, 6) is 0. The Balaban J connectivity index is 2.26. The first kappa shape index (κ1) is 16.7. The Morgan fingerprint density at radius 1 is 1.48 bits per heavy atom. The molecule has 0 saturated carbocycles. The van der Waals surface area contributed by atoms with Gasteiger partial charge in [0, 0.05) is 52.2 Å². The lowest BCUT2D eigenvalue weighted by Crippen LogP contribution is -2.55. The Bertz CT molecular complexity index is 470. The summed E-state index contributed by atoms with van der Waals surface area (Å²) in [4.78, 5) is 0. The van der Waals surface area contributed by atoms with Crippen molar-refractivity contribution in [3.63, 3.8) is 0 Å². The molecule has 1 aliphatic rings. The predicted molar refractivity (Wildman–Crippen MR) is 84.0 cm³/mol. The molecule has 21 heavy (non-hydrogen) atoms. The van der Waals surface area contributed by atoms with Gasteiger partial charge in [-0.15, -0.1) is 0 Å². The number of rotatable bonds is 6. The highest BCUT2D eigenvalue weighted by atomic mass is 35.5. The van der Waals surface area contributed by atoms with Crippen molar-refractivity contribution in [1.29, 1.82) is 0 Å². The number of ether oxygens (including phenoxy) is 2. The third-order valence-corrected chi connectivity index (χ3v) is 5.07. The van der Waals surface area contributed by atoms with E-state index in [2.05, 4.69) is 17.3 Å². The van der Waals surface area contributed by atoms with Gasteiger partial charge in [-0.25, -0.2) is 0 Å². The van der Waals surface area contributed by atoms with E-state index in [1.165, 1.54) is 0 Å². The van der Waals surface area contributed by atoms with Crippen LogP contribution in [-0.4, -0.2) is 48.8 Å². The molecule has 0 bridgehead atoms. The summed E-state index contributed by atoms with van der Waals surface area (Å²) in [5.41, 5.74) is 1.77. The van der Waals surface area contributed by atoms with Gasteiger partial charge in [-0.1, -0.05) is 11.6 Å². The summed E-state index contributed by atoms with van der Waals surface area (Å²) in [6.07, 6.45) is 2.59. The summed E-state index contributed by atoms with van der Waals surface area (Å²) < 4.78 is 13.4. The summed E-state index contributed by atoms with van der Waals surface area (Å²) in [6.45, 7) is 6.34. The molecule has 1 atom stereocenters. The minimum atomic E-state index is -0.201. The highest BCUT2D eigenvalue weighted by Gasteiger charge is 2.40. The third-order valence-electron chi connectivity index (χ3n) is 4.58. The molecule has 0 aliphatic carbocycles. The minimum Gasteiger partial charge on any atom is -0.381 e. The molecule has 2 heterocycles. The first-order chi connectivity index (χ1) is 10.1. The molecule has 0 radical (unpaired) electrons. The molecule has 0 amide bonds. The second kappa shape index (κ2) is 7.09. The van der Waals surface area contributed by atoms with E-state index < -0.39 is 0 Å². The topological polar surface area (TPSA) is 48.3 Å². The van der Waals surface area contributed by atoms with Gasteiger partial charge in [0.05, 0.1) is 22.0 Å². The lowest BCUT2D eigenvalue weighted by Gasteiger charge is -2.42. The fraction of sp³-hybridized carbons (Fsp3) is 0.800. The smallest absolute Gasteiger partial charge is 0.0878 e. The van der Waals surface area contributed by atoms with Crippen molar-refractivity contribution in [1.82, 2.24) is 15.1 Å². The molecule has 1 N–H and O–H groups in total. The number of methoxy groups -OCH3 is 1. The van der Waals surface area contributed by atoms with Gasteiger partial charge >= 0.3 is 0 Å². The van der Waals surface area contributed by atoms with Crippen LogP contribution in [-0.2, 0) is 22.4 Å². The molecule has 6 heteroatoms. The van der Waals surface area contributed by atoms with Gasteiger partial charge in [0.2, 0.25) is 0 Å². The Labute approximate surface area is 131 Å². The lowest BCUT2D eigenvalue weighted by molar-refractivity contribution is -0.109. The molecular weight excluding hydrogens is 290 g/mol. The summed E-state index contributed by atoms with van der Waals surface area (Å²) >= 11 is 6.44. The Hall–Kier alpha value is -0.620. The average Bonchev–Trinajstić information content (AvgIpc) is 2.80. The van der Waals surface area contributed by atoms with Crippen molar-refractivity contribution in [3.05, 3.63) is 16.4 Å². The van der Waals surface area contributed by atoms with E-state index in [0.717, 1.165) is 55.4 Å². The number of aryl methyl sites for hydroxylation is 2. The second-order valence-electron chi connectivity index (χ2n) is 5.59. The van der Waals surface area contributed by atoms with Gasteiger partial charge in [0.15, 0.2) is 0 Å². The Morgan fingerprint density at radius 2 is 2.14 bits per heavy atom. The van der Waals surface area contributed by atoms with E-state index in [4.69, 9.17) is 21.1 Å². The van der Waals surface area contributed by atoms with Crippen LogP contribution in [0.1, 0.15) is 31.2 Å². The lowest BCUT2D eigenvalue weighted by atomic mass is 9.83. The van der Waals surface area contributed by atoms with Crippen LogP contribution in [0.2, 0.25) is 5.02 Å². The first-order valence-electron chi connectivity index (χ1n) is 7.60. The maximum absolute atomic E-state index is 6.44. The third kappa shape index (κ3) is 3.26. The number of aromatic nitrogens is 2. The number of likely N-dealkylation sites (N-methyl/N-ethyl adjacent to an activating group) is 1. The van der Waals surface area contributed by atoms with Crippen LogP contribution >= 0.6 is 11.6 Å². The molecule has 1 aliphatic heterocycles. The largest absolute Gasteiger partial charge is 0.381 e. The Kier molecular flexibility index (Phi) is 5.66. The number of hydrogen-bond donors (Lipinski definition) is 1. The van der Waals surface area contributed by atoms with Crippen LogP contribution in [0.25, 0.3) is 0 Å². The van der Waals surface area contributed by atoms with Gasteiger partial charge in [-0.05, 0) is 20.9 Å². The zero-order valence-electron chi connectivity index (χ0n) is 13.4. The summed E-state index contributed by atoms with van der Waals surface area (Å²) in [7, 11) is 3.77. The minimum absolute atomic E-state index is 0.185. The van der Waals surface area contributed by atoms with E-state index in [-0.39, 0.29) is 11.6 Å². The van der Waals surface area contributed by atoms with Crippen LogP contribution in [0.3, 0.4) is 0 Å². The first-order valence-corrected chi connectivity index (χ1v) is 7.97. The molecular formula is C15H26ClN3O2. The fourth-order valence-corrected chi connectivity index (χ4v) is 3.43. The molecule has 1 unspecified atom stereocenters. The number of hydrogen-bond acceptors (Lipinski definition) is 4. The van der Waals surface area contributed by atoms with E-state index in [9.17, 15) is 0 Å². The van der Waals surface area contributed by atoms with E-state index >= 15 is 0 Å². The van der Waals surface area contributed by atoms with Crippen LogP contribution in [0.5, 0.6) is 0 Å². The zero-order chi connectivity index (χ0) is 15.5. The summed E-state index contributed by atoms with van der Waals surface area (Å²) in [6, 6.07) is 0.185. The maximum Gasteiger partial charge on any atom is 0.0878 e. The summed E-state index contributed by atoms with van der Waals surface area (Å²) in [5, 5.41) is 8.69. The Morgan fingerprint density at radius 3 is 2.67 bits per heavy atom. The fourth-order valence-electron chi connectivity index (χ4n) is 3.22. The number of nitrogens with zero attached hydrogens (tertiary/aromatic N) is 2. The van der Waals surface area contributed by atoms with Crippen molar-refractivity contribution in [2.45, 2.75) is 51.3 Å². The highest BCUT2D eigenvalue weighted by molar-refractivity contribution is 6.31. The quantitative estimate of drug-likeness (QED) is 0.874. The molecule has 1 fully saturated rings. The monoisotopic (exact) mass is 315 g/mol. The van der Waals surface area contributed by atoms with Crippen LogP contribution in [0.4, 0.5) is 0 Å². The number of nitrogens with one attached hydrogen (secondary N) is 1. The predicted octanol–water partition coefficient (Wildman–Crippen LogP) is 2.19. The second-order valence-corrected chi connectivity index (χ2v) is 5.97. The van der Waals surface area contributed by atoms with Crippen molar-refractivity contribution in [3.8, 4) is 0 Å². The standard InChI is InChI=1S/C15H26ClN3O2/c1-5-19-12(14(16)11(2)18-19)10-13(17-3)15(20-4)6-8-21-9-7-15/h13,17H,5-10H2,1-4H3. The van der Waals surface area contributed by atoms with Crippen molar-refractivity contribution in [2.24, 2.45) is 0 Å². The molecule has 1 aromatic heterocycles. The van der Waals surface area contributed by atoms with Gasteiger partial charge in [0.25, 0.3) is 0 Å². The van der Waals surface area contributed by atoms with Crippen molar-refractivity contribution in [2.75, 3.05) is 27.4 Å². The molecule has 0 aromatic carbocycles. The van der Waals surface area contributed by atoms with Crippen LogP contribution in [0.15, 0.2) is 0 Å². The van der Waals surface area contributed by atoms with Gasteiger partial charge in [0.1, 0.15) is 0 Å². The highest BCUT2D eigenvalue weighted by Crippen LogP contribution is 2.32. The molecule has 0 spiro atoms. The average molecular weight is 316 g/mol. The molecule has 1 aromatic rings. The van der Waals surface area contributed by atoms with E-state index in [1.807, 2.05) is 18.7 Å². The van der Waals surface area contributed by atoms with Crippen LogP contribution in [0, 0.1) is 6.92 Å². The molecule has 2 rings (SSSR count). The number of halogens is 1. The molecule has 120 valence electrons. The zero-order valence-corrected chi connectivity index (χ0v) is 14.2. The van der Waals surface area contributed by atoms with Crippen molar-refractivity contribution < 1.29 is 9.47 Å². The van der Waals surface area contributed by atoms with Gasteiger partial charge in [-0.2, -0.15) is 5.10 Å². The van der Waals surface area contributed by atoms with E-state index in [0.29, 0.717) is 0 Å². The van der Waals surface area contributed by atoms with E-state index in [1.54, 1.807) is 7.11 Å². The molecule has 5 nitrogen and oxygen atoms in total. The van der Waals surface area contributed by atoms with Crippen LogP contribution < -0.4 is 5.32 Å².